The average molecular weight is 767 g/mol. The summed E-state index contributed by atoms with van der Waals surface area (Å²) < 4.78 is 49.0. The van der Waals surface area contributed by atoms with E-state index in [0.717, 1.165) is 108 Å². The molecule has 0 aromatic heterocycles. The summed E-state index contributed by atoms with van der Waals surface area (Å²) in [4.78, 5) is 21.2. The van der Waals surface area contributed by atoms with Crippen molar-refractivity contribution in [3.05, 3.63) is 70.3 Å². The lowest BCUT2D eigenvalue weighted by atomic mass is 9.63. The quantitative estimate of drug-likeness (QED) is 0.409. The number of rotatable bonds is 4. The zero-order chi connectivity index (χ0) is 36.8. The fourth-order valence-corrected chi connectivity index (χ4v) is 11.9. The Morgan fingerprint density at radius 3 is 2.77 bits per heavy atom. The van der Waals surface area contributed by atoms with Gasteiger partial charge in [0.25, 0.3) is 5.91 Å². The van der Waals surface area contributed by atoms with Crippen molar-refractivity contribution in [2.75, 3.05) is 77.6 Å². The Morgan fingerprint density at radius 2 is 1.96 bits per heavy atom. The number of piperazine rings is 1. The van der Waals surface area contributed by atoms with Gasteiger partial charge in [-0.05, 0) is 105 Å². The van der Waals surface area contributed by atoms with E-state index in [4.69, 9.17) is 25.8 Å². The third-order valence-electron chi connectivity index (χ3n) is 13.4. The normalized spacial score (nSPS) is 34.0. The van der Waals surface area contributed by atoms with Crippen molar-refractivity contribution >= 4 is 33.2 Å². The van der Waals surface area contributed by atoms with Crippen LogP contribution >= 0.6 is 11.6 Å². The van der Waals surface area contributed by atoms with Crippen LogP contribution in [0.25, 0.3) is 0 Å². The van der Waals surface area contributed by atoms with E-state index in [2.05, 4.69) is 43.7 Å². The van der Waals surface area contributed by atoms with Gasteiger partial charge in [-0.3, -0.25) is 14.6 Å². The number of nitrogens with zero attached hydrogens (tertiary/aromatic N) is 3. The molecule has 53 heavy (non-hydrogen) atoms. The number of hydrogen-bond donors (Lipinski definition) is 1. The summed E-state index contributed by atoms with van der Waals surface area (Å²) in [6.45, 7) is 10.2. The first-order valence-corrected chi connectivity index (χ1v) is 21.7. The molecule has 2 saturated heterocycles. The number of morpholine rings is 1. The van der Waals surface area contributed by atoms with Crippen molar-refractivity contribution in [2.45, 2.75) is 80.6 Å². The van der Waals surface area contributed by atoms with Crippen LogP contribution in [-0.2, 0) is 31.3 Å². The number of ether oxygens (including phenoxy) is 3. The number of anilines is 1. The van der Waals surface area contributed by atoms with E-state index in [0.29, 0.717) is 43.4 Å². The number of hydrogen-bond acceptors (Lipinski definition) is 9. The van der Waals surface area contributed by atoms with E-state index < -0.39 is 26.8 Å². The summed E-state index contributed by atoms with van der Waals surface area (Å²) in [5.41, 5.74) is 2.91. The molecule has 2 aromatic carbocycles. The molecule has 1 amide bonds. The van der Waals surface area contributed by atoms with Crippen LogP contribution in [-0.4, -0.2) is 114 Å². The lowest BCUT2D eigenvalue weighted by Gasteiger charge is -2.53. The Morgan fingerprint density at radius 1 is 1.08 bits per heavy atom. The predicted octanol–water partition coefficient (Wildman–Crippen LogP) is 5.43. The van der Waals surface area contributed by atoms with Crippen molar-refractivity contribution < 1.29 is 27.4 Å². The molecule has 12 heteroatoms. The van der Waals surface area contributed by atoms with E-state index in [1.807, 2.05) is 32.2 Å². The van der Waals surface area contributed by atoms with Crippen LogP contribution < -0.4 is 14.4 Å². The zero-order valence-corrected chi connectivity index (χ0v) is 32.8. The van der Waals surface area contributed by atoms with Crippen molar-refractivity contribution in [3.63, 3.8) is 0 Å². The van der Waals surface area contributed by atoms with Crippen LogP contribution in [0.3, 0.4) is 0 Å². The third-order valence-corrected chi connectivity index (χ3v) is 15.5. The Balaban J connectivity index is 1.18. The van der Waals surface area contributed by atoms with Crippen LogP contribution in [0.2, 0.25) is 5.02 Å². The van der Waals surface area contributed by atoms with Crippen LogP contribution in [0.5, 0.6) is 5.75 Å². The smallest absolute Gasteiger partial charge is 0.264 e. The second-order valence-electron chi connectivity index (χ2n) is 16.4. The lowest BCUT2D eigenvalue weighted by Crippen LogP contribution is -2.62. The molecular weight excluding hydrogens is 712 g/mol. The number of carbonyl (C=O) groups excluding carboxylic acids is 1. The lowest BCUT2D eigenvalue weighted by molar-refractivity contribution is -0.108. The van der Waals surface area contributed by atoms with E-state index in [1.54, 1.807) is 6.07 Å². The number of fused-ring (bicyclic) bond motifs is 5. The Hall–Kier alpha value is -2.67. The molecule has 0 radical (unpaired) electrons. The third kappa shape index (κ3) is 7.27. The highest BCUT2D eigenvalue weighted by Gasteiger charge is 2.50. The maximum absolute atomic E-state index is 13.7. The number of nitrogens with one attached hydrogen (secondary N) is 1. The maximum Gasteiger partial charge on any atom is 0.264 e. The number of methoxy groups -OCH3 is 1. The summed E-state index contributed by atoms with van der Waals surface area (Å²) in [5, 5.41) is 0.0513. The molecule has 8 rings (SSSR count). The molecule has 2 aliphatic carbocycles. The van der Waals surface area contributed by atoms with Crippen molar-refractivity contribution in [1.82, 2.24) is 14.5 Å². The summed E-state index contributed by atoms with van der Waals surface area (Å²) in [6.07, 6.45) is 10.9. The highest BCUT2D eigenvalue weighted by atomic mass is 35.5. The van der Waals surface area contributed by atoms with Crippen molar-refractivity contribution in [2.24, 2.45) is 11.8 Å². The van der Waals surface area contributed by atoms with Crippen LogP contribution in [0.1, 0.15) is 73.4 Å². The number of allylic oxidation sites excluding steroid dienone is 1. The minimum Gasteiger partial charge on any atom is -0.490 e. The van der Waals surface area contributed by atoms with Gasteiger partial charge in [-0.1, -0.05) is 36.7 Å². The standard InChI is InChI=1S/C41H55ClN4O6S/c1-3-34-8-4-5-16-41(50-2,27-44-17-18-45-19-20-51-25-33(45)24-44)36-12-9-31(36)23-46-26-40(15-6-7-29-21-32(42)11-13-35(29)40)28-52-38-14-10-30(22-37(38)46)39(47)43-53(34,48)49/h5,10-11,13-14,16,21-22,31,33-34,36H,3-4,6-9,12,15,17-20,23-28H2,1-2H3,(H,43,47)/b16-5-/t31-,33-,34+,36+,40-,41-/m0/s1. The van der Waals surface area contributed by atoms with Gasteiger partial charge >= 0.3 is 0 Å². The summed E-state index contributed by atoms with van der Waals surface area (Å²) in [5.74, 6) is 0.713. The molecule has 3 fully saturated rings. The predicted molar refractivity (Wildman–Crippen MR) is 208 cm³/mol. The molecule has 288 valence electrons. The van der Waals surface area contributed by atoms with Gasteiger partial charge in [-0.2, -0.15) is 0 Å². The SMILES string of the molecule is CC[C@@H]1CC/C=C\[C@@](CN2CCN3CCOC[C@@H]3C2)(OC)[C@@H]2CC[C@H]2CN2C[C@@]3(CCCc4cc(Cl)ccc43)COc3ccc(cc32)C(=O)NS1(=O)=O. The molecule has 1 spiro atoms. The molecule has 10 nitrogen and oxygen atoms in total. The van der Waals surface area contributed by atoms with Crippen molar-refractivity contribution in [1.29, 1.82) is 0 Å². The van der Waals surface area contributed by atoms with E-state index in [1.165, 1.54) is 11.1 Å². The molecule has 2 aromatic rings. The molecule has 0 unspecified atom stereocenters. The van der Waals surface area contributed by atoms with Crippen molar-refractivity contribution in [3.8, 4) is 5.75 Å². The second-order valence-corrected chi connectivity index (χ2v) is 18.8. The Bertz CT molecular complexity index is 1820. The summed E-state index contributed by atoms with van der Waals surface area (Å²) in [7, 11) is -2.07. The van der Waals surface area contributed by atoms with Gasteiger partial charge in [0.05, 0.1) is 30.8 Å². The minimum atomic E-state index is -3.92. The molecule has 6 atom stereocenters. The maximum atomic E-state index is 13.7. The number of carbonyl (C=O) groups is 1. The van der Waals surface area contributed by atoms with Gasteiger partial charge < -0.3 is 19.1 Å². The summed E-state index contributed by atoms with van der Waals surface area (Å²) in [6, 6.07) is 12.1. The first-order chi connectivity index (χ1) is 25.6. The first kappa shape index (κ1) is 37.3. The molecule has 4 heterocycles. The fourth-order valence-electron chi connectivity index (χ4n) is 10.3. The Kier molecular flexibility index (Phi) is 10.6. The fraction of sp³-hybridized carbons (Fsp3) is 0.634. The first-order valence-electron chi connectivity index (χ1n) is 19.8. The molecular formula is C41H55ClN4O6S. The topological polar surface area (TPSA) is 101 Å². The highest BCUT2D eigenvalue weighted by Crippen LogP contribution is 2.49. The number of benzene rings is 2. The number of aryl methyl sites for hydroxylation is 1. The van der Waals surface area contributed by atoms with Gasteiger partial charge in [0, 0.05) is 75.0 Å². The van der Waals surface area contributed by atoms with E-state index in [9.17, 15) is 13.2 Å². The number of halogens is 1. The highest BCUT2D eigenvalue weighted by molar-refractivity contribution is 7.90. The molecule has 4 aliphatic heterocycles. The largest absolute Gasteiger partial charge is 0.490 e. The van der Waals surface area contributed by atoms with Gasteiger partial charge in [0.15, 0.2) is 0 Å². The number of amides is 1. The minimum absolute atomic E-state index is 0.260. The monoisotopic (exact) mass is 766 g/mol. The average Bonchev–Trinajstić information content (AvgIpc) is 3.29. The van der Waals surface area contributed by atoms with E-state index >= 15 is 0 Å². The number of sulfonamides is 1. The molecule has 1 N–H and O–H groups in total. The van der Waals surface area contributed by atoms with Gasteiger partial charge in [0.2, 0.25) is 10.0 Å². The zero-order valence-electron chi connectivity index (χ0n) is 31.2. The van der Waals surface area contributed by atoms with Gasteiger partial charge in [-0.15, -0.1) is 0 Å². The van der Waals surface area contributed by atoms with E-state index in [-0.39, 0.29) is 11.3 Å². The second kappa shape index (κ2) is 15.1. The summed E-state index contributed by atoms with van der Waals surface area (Å²) >= 11 is 6.51. The van der Waals surface area contributed by atoms with Gasteiger partial charge in [-0.25, -0.2) is 13.1 Å². The van der Waals surface area contributed by atoms with Crippen LogP contribution in [0.15, 0.2) is 48.6 Å². The van der Waals surface area contributed by atoms with Gasteiger partial charge in [0.1, 0.15) is 11.4 Å². The molecule has 1 saturated carbocycles. The Labute approximate surface area is 320 Å². The van der Waals surface area contributed by atoms with Crippen LogP contribution in [0, 0.1) is 11.8 Å². The molecule has 6 aliphatic rings. The molecule has 2 bridgehead atoms. The van der Waals surface area contributed by atoms with Crippen LogP contribution in [0.4, 0.5) is 5.69 Å².